The van der Waals surface area contributed by atoms with Crippen molar-refractivity contribution in [1.29, 1.82) is 0 Å². The molecule has 0 saturated carbocycles. The molecule has 0 saturated heterocycles. The van der Waals surface area contributed by atoms with Crippen molar-refractivity contribution < 1.29 is 0 Å². The van der Waals surface area contributed by atoms with E-state index in [1.807, 2.05) is 19.9 Å². The van der Waals surface area contributed by atoms with Gasteiger partial charge in [0.05, 0.1) is 0 Å². The normalized spacial score (nSPS) is 16.0. The first kappa shape index (κ1) is 18.3. The van der Waals surface area contributed by atoms with Crippen molar-refractivity contribution in [2.24, 2.45) is 0 Å². The number of benzene rings is 1. The second-order valence-electron chi connectivity index (χ2n) is 6.28. The van der Waals surface area contributed by atoms with E-state index in [-0.39, 0.29) is 0 Å². The third-order valence-corrected chi connectivity index (χ3v) is 4.61. The number of rotatable bonds is 4. The predicted octanol–water partition coefficient (Wildman–Crippen LogP) is 6.07. The van der Waals surface area contributed by atoms with Crippen molar-refractivity contribution >= 4 is 6.08 Å². The monoisotopic (exact) mass is 321 g/mol. The van der Waals surface area contributed by atoms with Crippen LogP contribution in [0, 0.1) is 0 Å². The lowest BCUT2D eigenvalue weighted by Crippen LogP contribution is -2.29. The van der Waals surface area contributed by atoms with E-state index in [0.29, 0.717) is 0 Å². The van der Waals surface area contributed by atoms with Crippen LogP contribution in [-0.2, 0) is 19.4 Å². The van der Waals surface area contributed by atoms with Crippen LogP contribution in [0.25, 0.3) is 6.08 Å². The van der Waals surface area contributed by atoms with Gasteiger partial charge in [0.1, 0.15) is 0 Å². The molecule has 1 aromatic carbocycles. The largest absolute Gasteiger partial charge is 0.367 e. The van der Waals surface area contributed by atoms with Gasteiger partial charge in [0.15, 0.2) is 0 Å². The van der Waals surface area contributed by atoms with Gasteiger partial charge in [-0.3, -0.25) is 0 Å². The van der Waals surface area contributed by atoms with Crippen molar-refractivity contribution in [3.8, 4) is 0 Å². The average Bonchev–Trinajstić information content (AvgIpc) is 2.62. The Hall–Kier alpha value is -2.02. The van der Waals surface area contributed by atoms with E-state index < -0.39 is 0 Å². The molecule has 1 aromatic rings. The number of fused-ring (bicyclic) bond motifs is 2. The lowest BCUT2D eigenvalue weighted by atomic mass is 9.88. The first-order valence-electron chi connectivity index (χ1n) is 9.29. The molecule has 0 aromatic heterocycles. The summed E-state index contributed by atoms with van der Waals surface area (Å²) < 4.78 is 0. The predicted molar refractivity (Wildman–Crippen MR) is 107 cm³/mol. The number of unbranched alkanes of at least 4 members (excludes halogenated alkanes) is 1. The molecule has 1 aliphatic carbocycles. The summed E-state index contributed by atoms with van der Waals surface area (Å²) in [5.74, 6) is 0. The lowest BCUT2D eigenvalue weighted by Gasteiger charge is -2.32. The minimum atomic E-state index is 0.997. The topological polar surface area (TPSA) is 3.24 Å². The Kier molecular flexibility index (Phi) is 6.66. The van der Waals surface area contributed by atoms with Crippen LogP contribution in [0.4, 0.5) is 0 Å². The second kappa shape index (κ2) is 8.73. The fourth-order valence-corrected chi connectivity index (χ4v) is 3.35. The Morgan fingerprint density at radius 2 is 1.96 bits per heavy atom. The van der Waals surface area contributed by atoms with Gasteiger partial charge in [0.2, 0.25) is 0 Å². The number of nitrogens with zero attached hydrogens (tertiary/aromatic N) is 1. The summed E-state index contributed by atoms with van der Waals surface area (Å²) >= 11 is 0. The van der Waals surface area contributed by atoms with Gasteiger partial charge in [0, 0.05) is 18.8 Å². The van der Waals surface area contributed by atoms with Gasteiger partial charge in [-0.25, -0.2) is 0 Å². The molecule has 128 valence electrons. The van der Waals surface area contributed by atoms with Crippen LogP contribution in [0.15, 0.2) is 54.8 Å². The Morgan fingerprint density at radius 1 is 1.17 bits per heavy atom. The van der Waals surface area contributed by atoms with E-state index in [9.17, 15) is 0 Å². The van der Waals surface area contributed by atoms with Gasteiger partial charge < -0.3 is 4.90 Å². The Morgan fingerprint density at radius 3 is 2.67 bits per heavy atom. The maximum Gasteiger partial charge on any atom is 0.0432 e. The molecule has 0 spiro atoms. The quantitative estimate of drug-likeness (QED) is 0.609. The van der Waals surface area contributed by atoms with Crippen LogP contribution >= 0.6 is 0 Å². The SMILES string of the molecule is C=C/C(=C\CCC)N1CCc2cc3c(cc2C1)C=CC(=C)C3.CC. The number of allylic oxidation sites excluding steroid dienone is 4. The lowest BCUT2D eigenvalue weighted by molar-refractivity contribution is 0.331. The van der Waals surface area contributed by atoms with Crippen molar-refractivity contribution in [3.05, 3.63) is 77.0 Å². The molecule has 0 amide bonds. The van der Waals surface area contributed by atoms with Gasteiger partial charge >= 0.3 is 0 Å². The van der Waals surface area contributed by atoms with Crippen LogP contribution in [-0.4, -0.2) is 11.4 Å². The molecule has 1 heterocycles. The molecule has 0 bridgehead atoms. The van der Waals surface area contributed by atoms with E-state index in [4.69, 9.17) is 0 Å². The number of hydrogen-bond acceptors (Lipinski definition) is 1. The maximum atomic E-state index is 4.09. The molecular weight excluding hydrogens is 290 g/mol. The average molecular weight is 322 g/mol. The molecule has 0 fully saturated rings. The van der Waals surface area contributed by atoms with Crippen LogP contribution in [0.3, 0.4) is 0 Å². The van der Waals surface area contributed by atoms with Crippen molar-refractivity contribution in [1.82, 2.24) is 4.90 Å². The molecule has 1 nitrogen and oxygen atoms in total. The summed E-state index contributed by atoms with van der Waals surface area (Å²) in [6.07, 6.45) is 13.1. The zero-order valence-electron chi connectivity index (χ0n) is 15.6. The van der Waals surface area contributed by atoms with Gasteiger partial charge in [-0.05, 0) is 53.7 Å². The Bertz CT molecular complexity index is 661. The van der Waals surface area contributed by atoms with Crippen LogP contribution in [0.1, 0.15) is 55.9 Å². The highest BCUT2D eigenvalue weighted by atomic mass is 15.1. The molecule has 0 N–H and O–H groups in total. The van der Waals surface area contributed by atoms with Crippen molar-refractivity contribution in [2.45, 2.75) is 53.0 Å². The highest BCUT2D eigenvalue weighted by Gasteiger charge is 2.19. The summed E-state index contributed by atoms with van der Waals surface area (Å²) in [6, 6.07) is 4.78. The minimum Gasteiger partial charge on any atom is -0.367 e. The Labute approximate surface area is 148 Å². The summed E-state index contributed by atoms with van der Waals surface area (Å²) in [7, 11) is 0. The molecule has 0 atom stereocenters. The molecule has 3 rings (SSSR count). The zero-order valence-corrected chi connectivity index (χ0v) is 15.6. The van der Waals surface area contributed by atoms with E-state index in [1.165, 1.54) is 39.9 Å². The minimum absolute atomic E-state index is 0.997. The van der Waals surface area contributed by atoms with Crippen LogP contribution < -0.4 is 0 Å². The van der Waals surface area contributed by atoms with E-state index >= 15 is 0 Å². The highest BCUT2D eigenvalue weighted by molar-refractivity contribution is 5.63. The molecule has 24 heavy (non-hydrogen) atoms. The van der Waals surface area contributed by atoms with Gasteiger partial charge in [-0.1, -0.05) is 70.2 Å². The fourth-order valence-electron chi connectivity index (χ4n) is 3.35. The van der Waals surface area contributed by atoms with E-state index in [1.54, 1.807) is 0 Å². The third kappa shape index (κ3) is 4.08. The molecule has 1 heteroatoms. The zero-order chi connectivity index (χ0) is 17.5. The summed E-state index contributed by atoms with van der Waals surface area (Å²) in [5.41, 5.74) is 8.27. The highest BCUT2D eigenvalue weighted by Crippen LogP contribution is 2.29. The van der Waals surface area contributed by atoms with Crippen molar-refractivity contribution in [2.75, 3.05) is 6.54 Å². The molecule has 2 aliphatic rings. The standard InChI is InChI=1S/C21H25N.C2H6/c1-4-6-7-21(5-2)22-11-10-18-13-19-12-16(3)8-9-17(19)14-20(18)15-22;1-2/h5,7-9,13-14H,2-4,6,10-12,15H2,1H3;1-2H3/b21-7+;. The summed E-state index contributed by atoms with van der Waals surface area (Å²) in [6.45, 7) is 16.4. The van der Waals surface area contributed by atoms with E-state index in [2.05, 4.69) is 55.3 Å². The van der Waals surface area contributed by atoms with E-state index in [0.717, 1.165) is 32.4 Å². The fraction of sp³-hybridized carbons (Fsp3) is 0.391. The first-order chi connectivity index (χ1) is 11.7. The van der Waals surface area contributed by atoms with Gasteiger partial charge in [-0.2, -0.15) is 0 Å². The third-order valence-electron chi connectivity index (χ3n) is 4.61. The summed E-state index contributed by atoms with van der Waals surface area (Å²) in [5, 5.41) is 0. The smallest absolute Gasteiger partial charge is 0.0432 e. The van der Waals surface area contributed by atoms with Crippen LogP contribution in [0.5, 0.6) is 0 Å². The first-order valence-corrected chi connectivity index (χ1v) is 9.29. The van der Waals surface area contributed by atoms with Gasteiger partial charge in [0.25, 0.3) is 0 Å². The van der Waals surface area contributed by atoms with Gasteiger partial charge in [-0.15, -0.1) is 0 Å². The second-order valence-corrected chi connectivity index (χ2v) is 6.28. The molecule has 1 aliphatic heterocycles. The molecular formula is C23H31N. The molecule has 0 radical (unpaired) electrons. The van der Waals surface area contributed by atoms with Crippen molar-refractivity contribution in [3.63, 3.8) is 0 Å². The van der Waals surface area contributed by atoms with Crippen LogP contribution in [0.2, 0.25) is 0 Å². The Balaban J connectivity index is 0.00000100. The molecule has 0 unspecified atom stereocenters. The number of hydrogen-bond donors (Lipinski definition) is 0. The summed E-state index contributed by atoms with van der Waals surface area (Å²) in [4.78, 5) is 2.46. The maximum absolute atomic E-state index is 4.09.